The summed E-state index contributed by atoms with van der Waals surface area (Å²) in [6.45, 7) is 2.27. The van der Waals surface area contributed by atoms with Crippen molar-refractivity contribution in [2.45, 2.75) is 13.3 Å². The minimum absolute atomic E-state index is 0.0127. The van der Waals surface area contributed by atoms with Gasteiger partial charge in [0.25, 0.3) is 0 Å². The van der Waals surface area contributed by atoms with Gasteiger partial charge in [0.05, 0.1) is 6.61 Å². The van der Waals surface area contributed by atoms with Gasteiger partial charge in [-0.15, -0.1) is 23.2 Å². The molecule has 5 nitrogen and oxygen atoms in total. The predicted molar refractivity (Wildman–Crippen MR) is 66.3 cm³/mol. The third-order valence-corrected chi connectivity index (χ3v) is 3.76. The lowest BCUT2D eigenvalue weighted by molar-refractivity contribution is -0.117. The van der Waals surface area contributed by atoms with Crippen molar-refractivity contribution in [3.8, 4) is 0 Å². The molecule has 0 rings (SSSR count). The maximum atomic E-state index is 12.0. The van der Waals surface area contributed by atoms with Gasteiger partial charge in [-0.25, -0.2) is 10.2 Å². The van der Waals surface area contributed by atoms with Crippen LogP contribution in [0.5, 0.6) is 0 Å². The van der Waals surface area contributed by atoms with E-state index in [4.69, 9.17) is 27.7 Å². The van der Waals surface area contributed by atoms with Crippen LogP contribution in [0.25, 0.3) is 0 Å². The molecule has 0 aliphatic heterocycles. The molecule has 2 N–H and O–H groups in total. The number of hydrogen-bond donors (Lipinski definition) is 2. The molecular formula is C8H17Cl2N2O3P. The second-order valence-corrected chi connectivity index (χ2v) is 5.78. The highest BCUT2D eigenvalue weighted by molar-refractivity contribution is 7.54. The van der Waals surface area contributed by atoms with Gasteiger partial charge in [0.15, 0.2) is 0 Å². The van der Waals surface area contributed by atoms with Crippen LogP contribution in [-0.4, -0.2) is 37.2 Å². The summed E-state index contributed by atoms with van der Waals surface area (Å²) in [7, 11) is -3.13. The Balaban J connectivity index is 4.07. The number of rotatable bonds is 10. The first kappa shape index (κ1) is 16.4. The standard InChI is InChI=1S/C8H17Cl2N2O3P/c1-8(13)2-7-15-16(14,11-5-3-9)12-6-4-10/h2-7H2,1H3,(H2,11,12,14). The molecular weight excluding hydrogens is 274 g/mol. The molecule has 0 unspecified atom stereocenters. The molecule has 16 heavy (non-hydrogen) atoms. The van der Waals surface area contributed by atoms with Gasteiger partial charge in [-0.1, -0.05) is 0 Å². The van der Waals surface area contributed by atoms with Crippen LogP contribution in [-0.2, 0) is 13.9 Å². The molecule has 0 aromatic carbocycles. The van der Waals surface area contributed by atoms with Gasteiger partial charge >= 0.3 is 7.67 Å². The first-order valence-corrected chi connectivity index (χ1v) is 7.59. The van der Waals surface area contributed by atoms with E-state index in [0.717, 1.165) is 0 Å². The fraction of sp³-hybridized carbons (Fsp3) is 0.875. The van der Waals surface area contributed by atoms with Gasteiger partial charge in [-0.2, -0.15) is 0 Å². The molecule has 0 saturated heterocycles. The Labute approximate surface area is 106 Å². The van der Waals surface area contributed by atoms with E-state index in [1.165, 1.54) is 6.92 Å². The molecule has 0 radical (unpaired) electrons. The van der Waals surface area contributed by atoms with E-state index in [-0.39, 0.29) is 18.8 Å². The average molecular weight is 291 g/mol. The first-order valence-electron chi connectivity index (χ1n) is 4.90. The van der Waals surface area contributed by atoms with Crippen molar-refractivity contribution >= 4 is 36.7 Å². The summed E-state index contributed by atoms with van der Waals surface area (Å²) in [6, 6.07) is 0. The Hall–Kier alpha value is 0.360. The Morgan fingerprint density at radius 2 is 1.75 bits per heavy atom. The van der Waals surface area contributed by atoms with Crippen molar-refractivity contribution in [1.29, 1.82) is 0 Å². The molecule has 0 aromatic rings. The molecule has 96 valence electrons. The number of alkyl halides is 2. The third-order valence-electron chi connectivity index (χ3n) is 1.56. The number of nitrogens with one attached hydrogen (secondary N) is 2. The van der Waals surface area contributed by atoms with Crippen LogP contribution in [0.15, 0.2) is 0 Å². The first-order chi connectivity index (χ1) is 7.54. The minimum Gasteiger partial charge on any atom is -0.306 e. The Bertz CT molecular complexity index is 241. The van der Waals surface area contributed by atoms with Crippen molar-refractivity contribution in [3.63, 3.8) is 0 Å². The SMILES string of the molecule is CC(=O)CCOP(=O)(NCCCl)NCCCl. The molecule has 0 aliphatic carbocycles. The van der Waals surface area contributed by atoms with Crippen LogP contribution in [0.2, 0.25) is 0 Å². The van der Waals surface area contributed by atoms with Crippen molar-refractivity contribution in [3.05, 3.63) is 0 Å². The fourth-order valence-electron chi connectivity index (χ4n) is 0.844. The third kappa shape index (κ3) is 8.50. The summed E-state index contributed by atoms with van der Waals surface area (Å²) in [5, 5.41) is 5.35. The Morgan fingerprint density at radius 1 is 1.25 bits per heavy atom. The van der Waals surface area contributed by atoms with Crippen LogP contribution in [0, 0.1) is 0 Å². The van der Waals surface area contributed by atoms with Crippen LogP contribution in [0.4, 0.5) is 0 Å². The summed E-state index contributed by atoms with van der Waals surface area (Å²) in [4.78, 5) is 10.7. The zero-order chi connectivity index (χ0) is 12.4. The van der Waals surface area contributed by atoms with E-state index in [0.29, 0.717) is 24.8 Å². The van der Waals surface area contributed by atoms with Crippen molar-refractivity contribution in [2.75, 3.05) is 31.5 Å². The molecule has 0 aliphatic rings. The second-order valence-electron chi connectivity index (χ2n) is 3.03. The molecule has 0 bridgehead atoms. The minimum atomic E-state index is -3.13. The van der Waals surface area contributed by atoms with Crippen molar-refractivity contribution < 1.29 is 13.9 Å². The zero-order valence-electron chi connectivity index (χ0n) is 9.17. The zero-order valence-corrected chi connectivity index (χ0v) is 11.6. The van der Waals surface area contributed by atoms with E-state index in [2.05, 4.69) is 10.2 Å². The number of hydrogen-bond acceptors (Lipinski definition) is 3. The summed E-state index contributed by atoms with van der Waals surface area (Å²) in [5.41, 5.74) is 0. The molecule has 0 atom stereocenters. The summed E-state index contributed by atoms with van der Waals surface area (Å²) >= 11 is 11.0. The van der Waals surface area contributed by atoms with Gasteiger partial charge < -0.3 is 4.52 Å². The highest BCUT2D eigenvalue weighted by Gasteiger charge is 2.21. The molecule has 0 fully saturated rings. The summed E-state index contributed by atoms with van der Waals surface area (Å²) < 4.78 is 17.2. The number of Topliss-reactive ketones (excluding diaryl/α,β-unsaturated/α-hetero) is 1. The smallest absolute Gasteiger partial charge is 0.306 e. The predicted octanol–water partition coefficient (Wildman–Crippen LogP) is 1.75. The van der Waals surface area contributed by atoms with E-state index >= 15 is 0 Å². The van der Waals surface area contributed by atoms with Crippen LogP contribution < -0.4 is 10.2 Å². The summed E-state index contributed by atoms with van der Waals surface area (Å²) in [6.07, 6.45) is 0.231. The normalized spacial score (nSPS) is 11.7. The van der Waals surface area contributed by atoms with Gasteiger partial charge in [0, 0.05) is 31.3 Å². The molecule has 0 saturated carbocycles. The maximum Gasteiger partial charge on any atom is 0.340 e. The van der Waals surface area contributed by atoms with Gasteiger partial charge in [-0.05, 0) is 6.92 Å². The lowest BCUT2D eigenvalue weighted by Crippen LogP contribution is -2.27. The monoisotopic (exact) mass is 290 g/mol. The number of ketones is 1. The van der Waals surface area contributed by atoms with Gasteiger partial charge in [-0.3, -0.25) is 9.36 Å². The summed E-state index contributed by atoms with van der Waals surface area (Å²) in [5.74, 6) is 0.631. The Morgan fingerprint density at radius 3 is 2.12 bits per heavy atom. The van der Waals surface area contributed by atoms with Crippen molar-refractivity contribution in [2.24, 2.45) is 0 Å². The van der Waals surface area contributed by atoms with Crippen LogP contribution in [0.1, 0.15) is 13.3 Å². The fourth-order valence-corrected chi connectivity index (χ4v) is 2.75. The highest BCUT2D eigenvalue weighted by Crippen LogP contribution is 2.36. The molecule has 0 heterocycles. The molecule has 0 aromatic heterocycles. The number of halogens is 2. The highest BCUT2D eigenvalue weighted by atomic mass is 35.5. The Kier molecular flexibility index (Phi) is 9.61. The van der Waals surface area contributed by atoms with Crippen LogP contribution in [0.3, 0.4) is 0 Å². The quantitative estimate of drug-likeness (QED) is 0.474. The molecule has 0 spiro atoms. The topological polar surface area (TPSA) is 67.4 Å². The number of carbonyl (C=O) groups excluding carboxylic acids is 1. The van der Waals surface area contributed by atoms with Gasteiger partial charge in [0.2, 0.25) is 0 Å². The van der Waals surface area contributed by atoms with E-state index < -0.39 is 7.67 Å². The second kappa shape index (κ2) is 9.40. The van der Waals surface area contributed by atoms with E-state index in [9.17, 15) is 9.36 Å². The largest absolute Gasteiger partial charge is 0.340 e. The lowest BCUT2D eigenvalue weighted by Gasteiger charge is -2.19. The maximum absolute atomic E-state index is 12.0. The average Bonchev–Trinajstić information content (AvgIpc) is 2.23. The van der Waals surface area contributed by atoms with Gasteiger partial charge in [0.1, 0.15) is 5.78 Å². The number of carbonyl (C=O) groups is 1. The van der Waals surface area contributed by atoms with E-state index in [1.54, 1.807) is 0 Å². The van der Waals surface area contributed by atoms with E-state index in [1.807, 2.05) is 0 Å². The van der Waals surface area contributed by atoms with Crippen LogP contribution >= 0.6 is 30.9 Å². The lowest BCUT2D eigenvalue weighted by atomic mass is 10.3. The molecule has 0 amide bonds. The van der Waals surface area contributed by atoms with Crippen molar-refractivity contribution in [1.82, 2.24) is 10.2 Å². The molecule has 8 heteroatoms.